The smallest absolute Gasteiger partial charge is 0.118 e. The Morgan fingerprint density at radius 1 is 1.26 bits per heavy atom. The van der Waals surface area contributed by atoms with Crippen molar-refractivity contribution in [2.45, 2.75) is 33.7 Å². The lowest BCUT2D eigenvalue weighted by Gasteiger charge is -2.31. The van der Waals surface area contributed by atoms with Crippen molar-refractivity contribution in [1.82, 2.24) is 15.8 Å². The number of hydrogen-bond acceptors (Lipinski definition) is 6. The monoisotopic (exact) mass is 321 g/mol. The number of nitrogens with one attached hydrogen (secondary N) is 3. The van der Waals surface area contributed by atoms with Crippen molar-refractivity contribution in [2.24, 2.45) is 10.9 Å². The Bertz CT molecular complexity index is 462. The van der Waals surface area contributed by atoms with Gasteiger partial charge < -0.3 is 20.5 Å². The van der Waals surface area contributed by atoms with Crippen molar-refractivity contribution in [3.8, 4) is 0 Å². The van der Waals surface area contributed by atoms with E-state index in [9.17, 15) is 0 Å². The van der Waals surface area contributed by atoms with E-state index in [1.807, 2.05) is 14.0 Å². The van der Waals surface area contributed by atoms with Crippen LogP contribution in [0.5, 0.6) is 0 Å². The molecule has 6 nitrogen and oxygen atoms in total. The standard InChI is InChI=1S/C17H31N5O/c1-13(2)15(4)20-16(14(3)6-7-18)12-17(21-19-5)22-8-10-23-11-9-22/h6-7,12-13,15,18-19,21H,8-11H2,1-5H3/b14-6+,17-12+,18-7?,20-16?/t15-/m0/s1. The summed E-state index contributed by atoms with van der Waals surface area (Å²) < 4.78 is 5.43. The predicted octanol–water partition coefficient (Wildman–Crippen LogP) is 1.97. The highest BCUT2D eigenvalue weighted by molar-refractivity contribution is 6.10. The summed E-state index contributed by atoms with van der Waals surface area (Å²) in [5, 5.41) is 7.32. The van der Waals surface area contributed by atoms with Crippen molar-refractivity contribution < 1.29 is 4.74 Å². The van der Waals surface area contributed by atoms with Gasteiger partial charge in [0.2, 0.25) is 0 Å². The first-order valence-electron chi connectivity index (χ1n) is 8.22. The van der Waals surface area contributed by atoms with Gasteiger partial charge in [-0.25, -0.2) is 5.43 Å². The van der Waals surface area contributed by atoms with E-state index in [-0.39, 0.29) is 6.04 Å². The Balaban J connectivity index is 3.14. The Hall–Kier alpha value is -1.66. The minimum absolute atomic E-state index is 0.218. The molecular weight excluding hydrogens is 290 g/mol. The molecule has 130 valence electrons. The van der Waals surface area contributed by atoms with Crippen LogP contribution in [0, 0.1) is 11.3 Å². The molecule has 1 rings (SSSR count). The van der Waals surface area contributed by atoms with Crippen LogP contribution in [0.2, 0.25) is 0 Å². The van der Waals surface area contributed by atoms with Gasteiger partial charge in [0.15, 0.2) is 0 Å². The van der Waals surface area contributed by atoms with Crippen molar-refractivity contribution in [2.75, 3.05) is 33.4 Å². The largest absolute Gasteiger partial charge is 0.378 e. The van der Waals surface area contributed by atoms with Gasteiger partial charge in [-0.1, -0.05) is 13.8 Å². The Morgan fingerprint density at radius 3 is 2.43 bits per heavy atom. The van der Waals surface area contributed by atoms with Crippen molar-refractivity contribution in [3.05, 3.63) is 23.5 Å². The predicted molar refractivity (Wildman–Crippen MR) is 96.9 cm³/mol. The lowest BCUT2D eigenvalue weighted by molar-refractivity contribution is 0.0495. The molecule has 0 aromatic carbocycles. The molecule has 0 radical (unpaired) electrons. The Labute approximate surface area is 140 Å². The molecule has 1 aliphatic heterocycles. The maximum absolute atomic E-state index is 7.32. The Kier molecular flexibility index (Phi) is 8.58. The third-order valence-electron chi connectivity index (χ3n) is 3.92. The quantitative estimate of drug-likeness (QED) is 0.472. The number of nitrogens with zero attached hydrogens (tertiary/aromatic N) is 2. The van der Waals surface area contributed by atoms with E-state index in [0.29, 0.717) is 5.92 Å². The summed E-state index contributed by atoms with van der Waals surface area (Å²) in [6, 6.07) is 0.218. The second-order valence-corrected chi connectivity index (χ2v) is 6.02. The summed E-state index contributed by atoms with van der Waals surface area (Å²) >= 11 is 0. The number of ether oxygens (including phenoxy) is 1. The molecule has 1 atom stereocenters. The summed E-state index contributed by atoms with van der Waals surface area (Å²) in [6.45, 7) is 11.6. The highest BCUT2D eigenvalue weighted by atomic mass is 16.5. The fourth-order valence-electron chi connectivity index (χ4n) is 2.10. The molecule has 0 aliphatic carbocycles. The van der Waals surface area contributed by atoms with Gasteiger partial charge in [0, 0.05) is 32.4 Å². The minimum Gasteiger partial charge on any atom is -0.378 e. The number of aliphatic imine (C=N–C) groups is 1. The third-order valence-corrected chi connectivity index (χ3v) is 3.92. The second-order valence-electron chi connectivity index (χ2n) is 6.02. The van der Waals surface area contributed by atoms with Gasteiger partial charge in [0.1, 0.15) is 5.82 Å². The minimum atomic E-state index is 0.218. The summed E-state index contributed by atoms with van der Waals surface area (Å²) in [7, 11) is 1.85. The topological polar surface area (TPSA) is 72.7 Å². The number of morpholine rings is 1. The normalized spacial score (nSPS) is 19.0. The zero-order valence-corrected chi connectivity index (χ0v) is 15.0. The lowest BCUT2D eigenvalue weighted by Crippen LogP contribution is -2.43. The van der Waals surface area contributed by atoms with Gasteiger partial charge in [0.25, 0.3) is 0 Å². The average Bonchev–Trinajstić information content (AvgIpc) is 2.54. The van der Waals surface area contributed by atoms with Crippen LogP contribution in [0.15, 0.2) is 28.5 Å². The molecule has 1 saturated heterocycles. The first-order valence-corrected chi connectivity index (χ1v) is 8.22. The number of allylic oxidation sites excluding steroid dienone is 3. The number of hydrazine groups is 1. The molecule has 1 aliphatic rings. The van der Waals surface area contributed by atoms with Gasteiger partial charge in [-0.3, -0.25) is 4.99 Å². The first kappa shape index (κ1) is 19.4. The van der Waals surface area contributed by atoms with Crippen LogP contribution in [-0.4, -0.2) is 56.2 Å². The summed E-state index contributed by atoms with van der Waals surface area (Å²) in [5.74, 6) is 1.44. The van der Waals surface area contributed by atoms with Gasteiger partial charge in [-0.05, 0) is 31.4 Å². The highest BCUT2D eigenvalue weighted by Crippen LogP contribution is 2.12. The van der Waals surface area contributed by atoms with Crippen LogP contribution < -0.4 is 10.9 Å². The van der Waals surface area contributed by atoms with Crippen LogP contribution in [-0.2, 0) is 4.74 Å². The molecule has 3 N–H and O–H groups in total. The molecule has 0 bridgehead atoms. The van der Waals surface area contributed by atoms with Crippen LogP contribution in [0.1, 0.15) is 27.7 Å². The van der Waals surface area contributed by atoms with Crippen LogP contribution in [0.25, 0.3) is 0 Å². The zero-order chi connectivity index (χ0) is 17.2. The fraction of sp³-hybridized carbons (Fsp3) is 0.647. The van der Waals surface area contributed by atoms with E-state index in [1.54, 1.807) is 6.08 Å². The highest BCUT2D eigenvalue weighted by Gasteiger charge is 2.15. The van der Waals surface area contributed by atoms with E-state index < -0.39 is 0 Å². The molecule has 1 heterocycles. The van der Waals surface area contributed by atoms with Gasteiger partial charge >= 0.3 is 0 Å². The number of rotatable bonds is 8. The molecule has 1 fully saturated rings. The average molecular weight is 321 g/mol. The summed E-state index contributed by atoms with van der Waals surface area (Å²) in [5.41, 5.74) is 8.08. The second kappa shape index (κ2) is 10.2. The molecule has 0 aromatic rings. The van der Waals surface area contributed by atoms with Crippen molar-refractivity contribution >= 4 is 11.9 Å². The molecule has 0 unspecified atom stereocenters. The van der Waals surface area contributed by atoms with Crippen LogP contribution in [0.3, 0.4) is 0 Å². The molecule has 0 spiro atoms. The Morgan fingerprint density at radius 2 is 1.91 bits per heavy atom. The van der Waals surface area contributed by atoms with Crippen LogP contribution in [0.4, 0.5) is 0 Å². The van der Waals surface area contributed by atoms with Gasteiger partial charge in [0.05, 0.1) is 25.0 Å². The van der Waals surface area contributed by atoms with E-state index >= 15 is 0 Å². The molecule has 0 saturated carbocycles. The van der Waals surface area contributed by atoms with Crippen molar-refractivity contribution in [1.29, 1.82) is 5.41 Å². The summed E-state index contributed by atoms with van der Waals surface area (Å²) in [4.78, 5) is 7.10. The molecule has 0 aromatic heterocycles. The molecule has 6 heteroatoms. The van der Waals surface area contributed by atoms with E-state index in [1.165, 1.54) is 6.21 Å². The zero-order valence-electron chi connectivity index (χ0n) is 15.0. The third kappa shape index (κ3) is 6.54. The molecular formula is C17H31N5O. The van der Waals surface area contributed by atoms with Crippen molar-refractivity contribution in [3.63, 3.8) is 0 Å². The van der Waals surface area contributed by atoms with E-state index in [2.05, 4.69) is 42.6 Å². The lowest BCUT2D eigenvalue weighted by atomic mass is 10.1. The van der Waals surface area contributed by atoms with Gasteiger partial charge in [-0.15, -0.1) is 0 Å². The summed E-state index contributed by atoms with van der Waals surface area (Å²) in [6.07, 6.45) is 5.13. The molecule has 0 amide bonds. The maximum atomic E-state index is 7.32. The number of hydrogen-bond donors (Lipinski definition) is 3. The van der Waals surface area contributed by atoms with Gasteiger partial charge in [-0.2, -0.15) is 0 Å². The SMILES string of the molecule is CNN/C(=C\C(=N[C@@H](C)C(C)C)/C(C)=C/C=N)N1CCOCC1. The van der Waals surface area contributed by atoms with E-state index in [0.717, 1.165) is 43.4 Å². The van der Waals surface area contributed by atoms with Crippen LogP contribution >= 0.6 is 0 Å². The maximum Gasteiger partial charge on any atom is 0.118 e. The fourth-order valence-corrected chi connectivity index (χ4v) is 2.10. The first-order chi connectivity index (χ1) is 11.0. The van der Waals surface area contributed by atoms with E-state index in [4.69, 9.17) is 15.1 Å². The molecule has 23 heavy (non-hydrogen) atoms.